The van der Waals surface area contributed by atoms with Crippen molar-refractivity contribution >= 4 is 35.3 Å². The second-order valence-electron chi connectivity index (χ2n) is 8.86. The van der Waals surface area contributed by atoms with Gasteiger partial charge >= 0.3 is 11.9 Å². The van der Waals surface area contributed by atoms with Crippen molar-refractivity contribution in [2.45, 2.75) is 50.2 Å². The van der Waals surface area contributed by atoms with E-state index in [1.807, 2.05) is 18.2 Å². The summed E-state index contributed by atoms with van der Waals surface area (Å²) < 4.78 is 4.94. The normalized spacial score (nSPS) is 18.2. The third-order valence-electron chi connectivity index (χ3n) is 6.15. The van der Waals surface area contributed by atoms with Crippen LogP contribution in [0.5, 0.6) is 0 Å². The fraction of sp³-hybridized carbons (Fsp3) is 0.346. The molecule has 0 radical (unpaired) electrons. The van der Waals surface area contributed by atoms with Crippen molar-refractivity contribution in [3.8, 4) is 0 Å². The zero-order valence-electron chi connectivity index (χ0n) is 21.0. The number of piperazine rings is 1. The van der Waals surface area contributed by atoms with Gasteiger partial charge in [0.25, 0.3) is 5.69 Å². The van der Waals surface area contributed by atoms with Crippen LogP contribution < -0.4 is 16.0 Å². The summed E-state index contributed by atoms with van der Waals surface area (Å²) >= 11 is 0. The number of carbonyl (C=O) groups is 5. The van der Waals surface area contributed by atoms with Crippen LogP contribution in [-0.2, 0) is 35.1 Å². The molecule has 0 aliphatic carbocycles. The van der Waals surface area contributed by atoms with Crippen LogP contribution in [0.25, 0.3) is 0 Å². The Balaban J connectivity index is 1.72. The Labute approximate surface area is 223 Å². The van der Waals surface area contributed by atoms with E-state index < -0.39 is 71.5 Å². The van der Waals surface area contributed by atoms with E-state index in [4.69, 9.17) is 4.74 Å². The molecule has 2 aromatic carbocycles. The second-order valence-corrected chi connectivity index (χ2v) is 8.86. The zero-order chi connectivity index (χ0) is 28.5. The molecule has 4 N–H and O–H groups in total. The Morgan fingerprint density at radius 1 is 1.03 bits per heavy atom. The molecule has 13 heteroatoms. The Bertz CT molecular complexity index is 1230. The molecule has 3 amide bonds. The molecule has 0 spiro atoms. The highest BCUT2D eigenvalue weighted by Gasteiger charge is 2.37. The molecule has 0 unspecified atom stereocenters. The van der Waals surface area contributed by atoms with Gasteiger partial charge in [0.05, 0.1) is 24.4 Å². The van der Waals surface area contributed by atoms with E-state index in [1.165, 1.54) is 12.1 Å². The lowest BCUT2D eigenvalue weighted by Crippen LogP contribution is -2.63. The molecular formula is C26H28N4O9. The number of non-ortho nitro benzene ring substituents is 1. The molecule has 0 saturated carbocycles. The van der Waals surface area contributed by atoms with Gasteiger partial charge in [0.15, 0.2) is 0 Å². The van der Waals surface area contributed by atoms with Gasteiger partial charge in [-0.2, -0.15) is 0 Å². The lowest BCUT2D eigenvalue weighted by molar-refractivity contribution is -0.384. The number of ether oxygens (including phenoxy) is 1. The van der Waals surface area contributed by atoms with Gasteiger partial charge < -0.3 is 25.8 Å². The van der Waals surface area contributed by atoms with Gasteiger partial charge in [0.2, 0.25) is 17.7 Å². The minimum atomic E-state index is -1.64. The van der Waals surface area contributed by atoms with Gasteiger partial charge in [-0.3, -0.25) is 29.3 Å². The van der Waals surface area contributed by atoms with Gasteiger partial charge in [0.1, 0.15) is 18.1 Å². The standard InChI is InChI=1S/C26H28N4O9/c1-2-39-22(32)13-18(16-8-10-17(11-9-16)30(37)38)23(26(35)36)29-21(31)14-20-25(34)27-19(24(33)28-20)12-15-6-4-3-5-7-15/h3-11,18-20,23H,2,12-14H2,1H3,(H,27,34)(H,28,33)(H,29,31)(H,35,36)/t18-,19-,20-,23+/m0/s1. The molecule has 206 valence electrons. The van der Waals surface area contributed by atoms with Crippen LogP contribution in [0.3, 0.4) is 0 Å². The van der Waals surface area contributed by atoms with Crippen molar-refractivity contribution in [3.05, 3.63) is 75.8 Å². The van der Waals surface area contributed by atoms with Crippen molar-refractivity contribution < 1.29 is 38.7 Å². The average molecular weight is 541 g/mol. The van der Waals surface area contributed by atoms with E-state index in [-0.39, 0.29) is 24.3 Å². The minimum absolute atomic E-state index is 0.0394. The summed E-state index contributed by atoms with van der Waals surface area (Å²) in [5.74, 6) is -5.30. The van der Waals surface area contributed by atoms with Crippen LogP contribution in [0.4, 0.5) is 5.69 Å². The fourth-order valence-corrected chi connectivity index (χ4v) is 4.24. The monoisotopic (exact) mass is 540 g/mol. The van der Waals surface area contributed by atoms with Crippen molar-refractivity contribution in [2.75, 3.05) is 6.61 Å². The lowest BCUT2D eigenvalue weighted by atomic mass is 9.88. The number of hydrogen-bond donors (Lipinski definition) is 4. The van der Waals surface area contributed by atoms with Gasteiger partial charge in [0, 0.05) is 24.5 Å². The molecule has 1 fully saturated rings. The summed E-state index contributed by atoms with van der Waals surface area (Å²) in [5, 5.41) is 28.3. The average Bonchev–Trinajstić information content (AvgIpc) is 2.89. The van der Waals surface area contributed by atoms with Gasteiger partial charge in [-0.25, -0.2) is 4.79 Å². The van der Waals surface area contributed by atoms with Crippen LogP contribution in [0.2, 0.25) is 0 Å². The fourth-order valence-electron chi connectivity index (χ4n) is 4.24. The first-order valence-corrected chi connectivity index (χ1v) is 12.2. The third-order valence-corrected chi connectivity index (χ3v) is 6.15. The maximum absolute atomic E-state index is 12.8. The summed E-state index contributed by atoms with van der Waals surface area (Å²) in [7, 11) is 0. The van der Waals surface area contributed by atoms with Crippen LogP contribution in [0.15, 0.2) is 54.6 Å². The maximum atomic E-state index is 12.8. The molecular weight excluding hydrogens is 512 g/mol. The Morgan fingerprint density at radius 2 is 1.64 bits per heavy atom. The predicted molar refractivity (Wildman–Crippen MR) is 135 cm³/mol. The number of rotatable bonds is 12. The summed E-state index contributed by atoms with van der Waals surface area (Å²) in [5.41, 5.74) is 0.834. The van der Waals surface area contributed by atoms with E-state index in [1.54, 1.807) is 19.1 Å². The molecule has 3 rings (SSSR count). The Hall–Kier alpha value is -4.81. The van der Waals surface area contributed by atoms with Crippen LogP contribution >= 0.6 is 0 Å². The SMILES string of the molecule is CCOC(=O)C[C@@H](c1ccc([N+](=O)[O-])cc1)[C@@H](NC(=O)C[C@@H]1NC(=O)[C@H](Cc2ccccc2)NC1=O)C(=O)O. The molecule has 39 heavy (non-hydrogen) atoms. The second kappa shape index (κ2) is 13.1. The van der Waals surface area contributed by atoms with Gasteiger partial charge in [-0.1, -0.05) is 42.5 Å². The highest BCUT2D eigenvalue weighted by atomic mass is 16.6. The number of carboxylic acid groups (broad SMARTS) is 1. The first kappa shape index (κ1) is 28.8. The minimum Gasteiger partial charge on any atom is -0.480 e. The summed E-state index contributed by atoms with van der Waals surface area (Å²) in [6, 6.07) is 10.2. The molecule has 1 heterocycles. The summed E-state index contributed by atoms with van der Waals surface area (Å²) in [4.78, 5) is 72.8. The van der Waals surface area contributed by atoms with E-state index in [9.17, 15) is 39.2 Å². The number of benzene rings is 2. The number of hydrogen-bond acceptors (Lipinski definition) is 8. The van der Waals surface area contributed by atoms with E-state index in [2.05, 4.69) is 16.0 Å². The van der Waals surface area contributed by atoms with Gasteiger partial charge in [-0.05, 0) is 18.1 Å². The van der Waals surface area contributed by atoms with Crippen LogP contribution in [0, 0.1) is 10.1 Å². The number of esters is 1. The quantitative estimate of drug-likeness (QED) is 0.171. The molecule has 1 saturated heterocycles. The first-order valence-electron chi connectivity index (χ1n) is 12.2. The molecule has 2 aromatic rings. The van der Waals surface area contributed by atoms with Crippen molar-refractivity contribution in [2.24, 2.45) is 0 Å². The number of nitrogens with zero attached hydrogens (tertiary/aromatic N) is 1. The van der Waals surface area contributed by atoms with Crippen LogP contribution in [-0.4, -0.2) is 64.4 Å². The predicted octanol–water partition coefficient (Wildman–Crippen LogP) is 0.817. The lowest BCUT2D eigenvalue weighted by Gasteiger charge is -2.30. The largest absolute Gasteiger partial charge is 0.480 e. The molecule has 1 aliphatic rings. The third kappa shape index (κ3) is 7.84. The smallest absolute Gasteiger partial charge is 0.326 e. The molecule has 0 aromatic heterocycles. The molecule has 1 aliphatic heterocycles. The number of nitro groups is 1. The number of aliphatic carboxylic acids is 1. The highest BCUT2D eigenvalue weighted by Crippen LogP contribution is 2.27. The number of nitro benzene ring substituents is 1. The summed E-state index contributed by atoms with van der Waals surface area (Å²) in [6.45, 7) is 1.61. The van der Waals surface area contributed by atoms with E-state index in [0.717, 1.165) is 17.7 Å². The van der Waals surface area contributed by atoms with Crippen molar-refractivity contribution in [1.82, 2.24) is 16.0 Å². The number of carbonyl (C=O) groups excluding carboxylic acids is 4. The Morgan fingerprint density at radius 3 is 2.23 bits per heavy atom. The topological polar surface area (TPSA) is 194 Å². The number of carboxylic acids is 1. The van der Waals surface area contributed by atoms with Crippen molar-refractivity contribution in [3.63, 3.8) is 0 Å². The first-order chi connectivity index (χ1) is 18.6. The zero-order valence-corrected chi connectivity index (χ0v) is 21.0. The Kier molecular flexibility index (Phi) is 9.68. The van der Waals surface area contributed by atoms with Crippen molar-refractivity contribution in [1.29, 1.82) is 0 Å². The molecule has 0 bridgehead atoms. The van der Waals surface area contributed by atoms with Crippen LogP contribution in [0.1, 0.15) is 36.8 Å². The molecule has 4 atom stereocenters. The molecule has 13 nitrogen and oxygen atoms in total. The van der Waals surface area contributed by atoms with Gasteiger partial charge in [-0.15, -0.1) is 0 Å². The number of nitrogens with one attached hydrogen (secondary N) is 3. The number of amides is 3. The summed E-state index contributed by atoms with van der Waals surface area (Å²) in [6.07, 6.45) is -0.736. The highest BCUT2D eigenvalue weighted by molar-refractivity contribution is 5.99. The van der Waals surface area contributed by atoms with E-state index in [0.29, 0.717) is 0 Å². The maximum Gasteiger partial charge on any atom is 0.326 e. The van der Waals surface area contributed by atoms with E-state index >= 15 is 0 Å².